The van der Waals surface area contributed by atoms with Gasteiger partial charge in [-0.05, 0) is 13.8 Å². The van der Waals surface area contributed by atoms with Gasteiger partial charge >= 0.3 is 0 Å². The monoisotopic (exact) mass is 180 g/mol. The predicted molar refractivity (Wildman–Crippen MR) is 49.5 cm³/mol. The smallest absolute Gasteiger partial charge is 0.249 e. The van der Waals surface area contributed by atoms with E-state index < -0.39 is 0 Å². The molecule has 0 unspecified atom stereocenters. The standard InChI is InChI=1S/C9H12N2O2/c1-6(2)11-9(13)7-3-8(5-12)10-4-7/h4-6H,3H2,1-2H3,(H,11,13). The highest BCUT2D eigenvalue weighted by molar-refractivity contribution is 6.31. The Morgan fingerprint density at radius 1 is 1.69 bits per heavy atom. The lowest BCUT2D eigenvalue weighted by Gasteiger charge is -2.07. The van der Waals surface area contributed by atoms with Crippen molar-refractivity contribution in [3.63, 3.8) is 0 Å². The van der Waals surface area contributed by atoms with Crippen LogP contribution in [0.5, 0.6) is 0 Å². The van der Waals surface area contributed by atoms with Gasteiger partial charge < -0.3 is 5.32 Å². The van der Waals surface area contributed by atoms with Crippen LogP contribution in [-0.2, 0) is 9.59 Å². The van der Waals surface area contributed by atoms with Gasteiger partial charge in [0.1, 0.15) is 0 Å². The van der Waals surface area contributed by atoms with Gasteiger partial charge in [-0.3, -0.25) is 14.6 Å². The van der Waals surface area contributed by atoms with E-state index in [2.05, 4.69) is 10.3 Å². The average Bonchev–Trinajstić information content (AvgIpc) is 2.50. The van der Waals surface area contributed by atoms with Crippen molar-refractivity contribution in [2.75, 3.05) is 0 Å². The Labute approximate surface area is 76.7 Å². The number of hydrogen-bond acceptors (Lipinski definition) is 3. The fourth-order valence-electron chi connectivity index (χ4n) is 1.01. The molecule has 0 saturated carbocycles. The van der Waals surface area contributed by atoms with Crippen LogP contribution >= 0.6 is 0 Å². The predicted octanol–water partition coefficient (Wildman–Crippen LogP) is 0.438. The minimum Gasteiger partial charge on any atom is -0.350 e. The molecule has 1 N–H and O–H groups in total. The number of nitrogens with one attached hydrogen (secondary N) is 1. The summed E-state index contributed by atoms with van der Waals surface area (Å²) in [4.78, 5) is 25.4. The normalized spacial score (nSPS) is 15.3. The molecule has 13 heavy (non-hydrogen) atoms. The third-order valence-corrected chi connectivity index (χ3v) is 1.61. The summed E-state index contributed by atoms with van der Waals surface area (Å²) in [6.07, 6.45) is 2.47. The summed E-state index contributed by atoms with van der Waals surface area (Å²) in [6.45, 7) is 3.77. The molecular weight excluding hydrogens is 168 g/mol. The maximum Gasteiger partial charge on any atom is 0.249 e. The van der Waals surface area contributed by atoms with Crippen LogP contribution in [-0.4, -0.2) is 23.9 Å². The lowest BCUT2D eigenvalue weighted by atomic mass is 10.1. The van der Waals surface area contributed by atoms with E-state index in [4.69, 9.17) is 0 Å². The molecule has 0 aromatic heterocycles. The van der Waals surface area contributed by atoms with Gasteiger partial charge in [0.15, 0.2) is 6.29 Å². The van der Waals surface area contributed by atoms with Crippen molar-refractivity contribution in [2.24, 2.45) is 4.99 Å². The molecule has 4 heteroatoms. The second-order valence-electron chi connectivity index (χ2n) is 3.20. The summed E-state index contributed by atoms with van der Waals surface area (Å²) in [5, 5.41) is 2.73. The lowest BCUT2D eigenvalue weighted by Crippen LogP contribution is -2.31. The van der Waals surface area contributed by atoms with Gasteiger partial charge in [0, 0.05) is 24.2 Å². The van der Waals surface area contributed by atoms with Crippen LogP contribution < -0.4 is 5.32 Å². The van der Waals surface area contributed by atoms with Crippen molar-refractivity contribution >= 4 is 17.9 Å². The second kappa shape index (κ2) is 3.98. The molecule has 4 nitrogen and oxygen atoms in total. The van der Waals surface area contributed by atoms with Crippen LogP contribution in [0.3, 0.4) is 0 Å². The number of aliphatic imine (C=N–C) groups is 1. The quantitative estimate of drug-likeness (QED) is 0.640. The third-order valence-electron chi connectivity index (χ3n) is 1.61. The Kier molecular flexibility index (Phi) is 2.95. The van der Waals surface area contributed by atoms with E-state index in [1.807, 2.05) is 13.8 Å². The van der Waals surface area contributed by atoms with Crippen molar-refractivity contribution < 1.29 is 9.59 Å². The van der Waals surface area contributed by atoms with Crippen molar-refractivity contribution in [2.45, 2.75) is 26.3 Å². The molecule has 1 aliphatic rings. The molecule has 0 aromatic carbocycles. The zero-order valence-electron chi connectivity index (χ0n) is 7.70. The van der Waals surface area contributed by atoms with Gasteiger partial charge in [-0.2, -0.15) is 0 Å². The first-order valence-electron chi connectivity index (χ1n) is 4.15. The summed E-state index contributed by atoms with van der Waals surface area (Å²) < 4.78 is 0. The topological polar surface area (TPSA) is 58.5 Å². The minimum atomic E-state index is -0.143. The molecule has 0 bridgehead atoms. The van der Waals surface area contributed by atoms with E-state index in [-0.39, 0.29) is 11.9 Å². The Morgan fingerprint density at radius 3 is 2.85 bits per heavy atom. The molecule has 1 heterocycles. The van der Waals surface area contributed by atoms with Gasteiger partial charge in [-0.15, -0.1) is 0 Å². The highest BCUT2D eigenvalue weighted by Gasteiger charge is 2.16. The summed E-state index contributed by atoms with van der Waals surface area (Å²) in [6, 6.07) is 0.105. The molecule has 0 atom stereocenters. The summed E-state index contributed by atoms with van der Waals surface area (Å²) in [5.74, 6) is -0.143. The molecule has 1 amide bonds. The first-order valence-corrected chi connectivity index (χ1v) is 4.15. The highest BCUT2D eigenvalue weighted by atomic mass is 16.1. The van der Waals surface area contributed by atoms with E-state index in [0.29, 0.717) is 24.0 Å². The van der Waals surface area contributed by atoms with E-state index in [0.717, 1.165) is 0 Å². The van der Waals surface area contributed by atoms with E-state index in [9.17, 15) is 9.59 Å². The van der Waals surface area contributed by atoms with Crippen molar-refractivity contribution in [3.8, 4) is 0 Å². The van der Waals surface area contributed by atoms with Gasteiger partial charge in [0.05, 0.1) is 5.71 Å². The lowest BCUT2D eigenvalue weighted by molar-refractivity contribution is -0.118. The van der Waals surface area contributed by atoms with Crippen LogP contribution in [0.2, 0.25) is 0 Å². The first kappa shape index (κ1) is 9.64. The number of rotatable bonds is 3. The van der Waals surface area contributed by atoms with Crippen LogP contribution in [0.1, 0.15) is 20.3 Å². The summed E-state index contributed by atoms with van der Waals surface area (Å²) >= 11 is 0. The van der Waals surface area contributed by atoms with Gasteiger partial charge in [0.25, 0.3) is 0 Å². The van der Waals surface area contributed by atoms with Crippen LogP contribution in [0.25, 0.3) is 0 Å². The molecule has 0 fully saturated rings. The molecule has 0 aliphatic carbocycles. The molecule has 0 saturated heterocycles. The molecule has 70 valence electrons. The Bertz CT molecular complexity index is 290. The molecule has 1 aliphatic heterocycles. The second-order valence-corrected chi connectivity index (χ2v) is 3.20. The zero-order chi connectivity index (χ0) is 9.84. The van der Waals surface area contributed by atoms with Crippen molar-refractivity contribution in [1.82, 2.24) is 5.32 Å². The molecule has 0 aromatic rings. The van der Waals surface area contributed by atoms with E-state index >= 15 is 0 Å². The maximum atomic E-state index is 11.3. The Balaban J connectivity index is 2.50. The Morgan fingerprint density at radius 2 is 2.38 bits per heavy atom. The van der Waals surface area contributed by atoms with Crippen LogP contribution in [0.15, 0.2) is 16.8 Å². The molecule has 0 radical (unpaired) electrons. The van der Waals surface area contributed by atoms with Gasteiger partial charge in [0.2, 0.25) is 5.91 Å². The van der Waals surface area contributed by atoms with E-state index in [1.165, 1.54) is 6.20 Å². The molecule has 0 spiro atoms. The maximum absolute atomic E-state index is 11.3. The average molecular weight is 180 g/mol. The largest absolute Gasteiger partial charge is 0.350 e. The summed E-state index contributed by atoms with van der Waals surface area (Å²) in [7, 11) is 0. The fourth-order valence-corrected chi connectivity index (χ4v) is 1.01. The summed E-state index contributed by atoms with van der Waals surface area (Å²) in [5.41, 5.74) is 0.963. The van der Waals surface area contributed by atoms with Crippen molar-refractivity contribution in [3.05, 3.63) is 11.8 Å². The highest BCUT2D eigenvalue weighted by Crippen LogP contribution is 2.10. The minimum absolute atomic E-state index is 0.105. The number of amides is 1. The fraction of sp³-hybridized carbons (Fsp3) is 0.444. The number of nitrogens with zero attached hydrogens (tertiary/aromatic N) is 1. The molecular formula is C9H12N2O2. The Hall–Kier alpha value is -1.45. The van der Waals surface area contributed by atoms with E-state index in [1.54, 1.807) is 0 Å². The van der Waals surface area contributed by atoms with Crippen LogP contribution in [0.4, 0.5) is 0 Å². The molecule has 1 rings (SSSR count). The van der Waals surface area contributed by atoms with Crippen LogP contribution in [0, 0.1) is 0 Å². The number of carbonyl (C=O) groups excluding carboxylic acids is 2. The number of carbonyl (C=O) groups is 2. The third kappa shape index (κ3) is 2.50. The van der Waals surface area contributed by atoms with Gasteiger partial charge in [-0.25, -0.2) is 0 Å². The SMILES string of the molecule is CC(C)NC(=O)C1=CN=C(C=O)C1. The number of hydrogen-bond donors (Lipinski definition) is 1. The zero-order valence-corrected chi connectivity index (χ0v) is 7.70. The van der Waals surface area contributed by atoms with Crippen molar-refractivity contribution in [1.29, 1.82) is 0 Å². The number of aldehydes is 1. The van der Waals surface area contributed by atoms with Gasteiger partial charge in [-0.1, -0.05) is 0 Å². The first-order chi connectivity index (χ1) is 6.13.